The highest BCUT2D eigenvalue weighted by molar-refractivity contribution is 5.61. The summed E-state index contributed by atoms with van der Waals surface area (Å²) in [4.78, 5) is 0. The van der Waals surface area contributed by atoms with E-state index in [-0.39, 0.29) is 0 Å². The molecule has 1 aliphatic rings. The minimum absolute atomic E-state index is 0.568. The average Bonchev–Trinajstić information content (AvgIpc) is 2.95. The van der Waals surface area contributed by atoms with Gasteiger partial charge in [-0.1, -0.05) is 20.8 Å². The van der Waals surface area contributed by atoms with Crippen molar-refractivity contribution in [3.05, 3.63) is 29.7 Å². The van der Waals surface area contributed by atoms with Crippen LogP contribution in [0.1, 0.15) is 56.7 Å². The Morgan fingerprint density at radius 2 is 2.16 bits per heavy atom. The summed E-state index contributed by atoms with van der Waals surface area (Å²) in [5, 5.41) is 4.82. The zero-order chi connectivity index (χ0) is 13.6. The highest BCUT2D eigenvalue weighted by atomic mass is 16.3. The Balaban J connectivity index is 2.18. The van der Waals surface area contributed by atoms with Gasteiger partial charge < -0.3 is 4.42 Å². The number of nitrogens with zero attached hydrogens (tertiary/aromatic N) is 2. The first-order chi connectivity index (χ1) is 9.09. The first-order valence-corrected chi connectivity index (χ1v) is 7.20. The Labute approximate surface area is 114 Å². The van der Waals surface area contributed by atoms with Crippen LogP contribution in [0.2, 0.25) is 0 Å². The molecule has 0 saturated heterocycles. The summed E-state index contributed by atoms with van der Waals surface area (Å²) in [6, 6.07) is 3.98. The van der Waals surface area contributed by atoms with E-state index in [1.807, 2.05) is 23.9 Å². The Bertz CT molecular complexity index is 566. The number of aromatic nitrogens is 2. The van der Waals surface area contributed by atoms with Crippen LogP contribution in [0.3, 0.4) is 0 Å². The van der Waals surface area contributed by atoms with Gasteiger partial charge in [-0.25, -0.2) is 0 Å². The van der Waals surface area contributed by atoms with Crippen LogP contribution >= 0.6 is 0 Å². The standard InChI is InChI=1S/C16H22N2O/c1-10(2)12-8-7-11(3)14-15(12)17-18(4)16(14)13-6-5-9-19-13/h5-6,9-12H,7-8H2,1-4H3/t11-,12+/m1/s1. The average molecular weight is 258 g/mol. The number of hydrogen-bond acceptors (Lipinski definition) is 2. The minimum Gasteiger partial charge on any atom is -0.463 e. The van der Waals surface area contributed by atoms with E-state index < -0.39 is 0 Å². The van der Waals surface area contributed by atoms with E-state index in [4.69, 9.17) is 9.52 Å². The molecule has 0 N–H and O–H groups in total. The molecular weight excluding hydrogens is 236 g/mol. The van der Waals surface area contributed by atoms with E-state index >= 15 is 0 Å². The predicted octanol–water partition coefficient (Wildman–Crippen LogP) is 4.32. The van der Waals surface area contributed by atoms with Crippen molar-refractivity contribution in [3.8, 4) is 11.5 Å². The lowest BCUT2D eigenvalue weighted by Crippen LogP contribution is -2.16. The molecule has 0 unspecified atom stereocenters. The molecule has 0 bridgehead atoms. The van der Waals surface area contributed by atoms with E-state index in [9.17, 15) is 0 Å². The Hall–Kier alpha value is -1.51. The van der Waals surface area contributed by atoms with Crippen LogP contribution in [0.15, 0.2) is 22.8 Å². The van der Waals surface area contributed by atoms with Gasteiger partial charge >= 0.3 is 0 Å². The van der Waals surface area contributed by atoms with Crippen molar-refractivity contribution < 1.29 is 4.42 Å². The van der Waals surface area contributed by atoms with E-state index in [1.54, 1.807) is 6.26 Å². The van der Waals surface area contributed by atoms with Crippen molar-refractivity contribution in [2.75, 3.05) is 0 Å². The van der Waals surface area contributed by atoms with Crippen LogP contribution in [0.5, 0.6) is 0 Å². The maximum absolute atomic E-state index is 5.61. The molecule has 0 aliphatic heterocycles. The van der Waals surface area contributed by atoms with Crippen LogP contribution in [0.4, 0.5) is 0 Å². The maximum atomic E-state index is 5.61. The highest BCUT2D eigenvalue weighted by Crippen LogP contribution is 2.45. The normalized spacial score (nSPS) is 22.8. The van der Waals surface area contributed by atoms with Gasteiger partial charge in [0.25, 0.3) is 0 Å². The molecule has 3 rings (SSSR count). The summed E-state index contributed by atoms with van der Waals surface area (Å²) < 4.78 is 7.61. The second kappa shape index (κ2) is 4.55. The Kier molecular flexibility index (Phi) is 3.00. The number of aryl methyl sites for hydroxylation is 1. The summed E-state index contributed by atoms with van der Waals surface area (Å²) in [5.41, 5.74) is 3.86. The van der Waals surface area contributed by atoms with Crippen molar-refractivity contribution in [1.29, 1.82) is 0 Å². The van der Waals surface area contributed by atoms with Gasteiger partial charge in [0.15, 0.2) is 5.76 Å². The topological polar surface area (TPSA) is 31.0 Å². The molecule has 3 heteroatoms. The monoisotopic (exact) mass is 258 g/mol. The molecule has 0 fully saturated rings. The highest BCUT2D eigenvalue weighted by Gasteiger charge is 2.33. The SMILES string of the molecule is CC(C)[C@@H]1CC[C@@H](C)c2c1nn(C)c2-c1ccco1. The van der Waals surface area contributed by atoms with Gasteiger partial charge in [-0.15, -0.1) is 0 Å². The molecule has 102 valence electrons. The van der Waals surface area contributed by atoms with Crippen molar-refractivity contribution >= 4 is 0 Å². The quantitative estimate of drug-likeness (QED) is 0.803. The fourth-order valence-electron chi connectivity index (χ4n) is 3.39. The fraction of sp³-hybridized carbons (Fsp3) is 0.562. The predicted molar refractivity (Wildman–Crippen MR) is 76.1 cm³/mol. The summed E-state index contributed by atoms with van der Waals surface area (Å²) in [7, 11) is 2.03. The summed E-state index contributed by atoms with van der Waals surface area (Å²) >= 11 is 0. The number of rotatable bonds is 2. The molecule has 0 spiro atoms. The third-order valence-electron chi connectivity index (χ3n) is 4.43. The summed E-state index contributed by atoms with van der Waals surface area (Å²) in [6.07, 6.45) is 4.23. The van der Waals surface area contributed by atoms with Crippen molar-refractivity contribution in [2.45, 2.75) is 45.4 Å². The zero-order valence-corrected chi connectivity index (χ0v) is 12.2. The first kappa shape index (κ1) is 12.5. The molecule has 1 aliphatic carbocycles. The van der Waals surface area contributed by atoms with Gasteiger partial charge in [0.2, 0.25) is 0 Å². The molecule has 3 nitrogen and oxygen atoms in total. The van der Waals surface area contributed by atoms with Crippen LogP contribution < -0.4 is 0 Å². The van der Waals surface area contributed by atoms with Gasteiger partial charge in [0.05, 0.1) is 12.0 Å². The molecule has 2 aromatic rings. The lowest BCUT2D eigenvalue weighted by atomic mass is 9.75. The van der Waals surface area contributed by atoms with Crippen LogP contribution in [-0.2, 0) is 7.05 Å². The van der Waals surface area contributed by atoms with Crippen molar-refractivity contribution in [3.63, 3.8) is 0 Å². The van der Waals surface area contributed by atoms with Gasteiger partial charge in [0, 0.05) is 18.5 Å². The lowest BCUT2D eigenvalue weighted by Gasteiger charge is -2.28. The van der Waals surface area contributed by atoms with E-state index in [2.05, 4.69) is 20.8 Å². The zero-order valence-electron chi connectivity index (χ0n) is 12.2. The molecular formula is C16H22N2O. The third-order valence-corrected chi connectivity index (χ3v) is 4.43. The molecule has 2 heterocycles. The number of furan rings is 1. The summed E-state index contributed by atoms with van der Waals surface area (Å²) in [5.74, 6) is 2.73. The van der Waals surface area contributed by atoms with Gasteiger partial charge in [0.1, 0.15) is 5.69 Å². The van der Waals surface area contributed by atoms with Crippen LogP contribution in [0.25, 0.3) is 11.5 Å². The molecule has 0 saturated carbocycles. The number of hydrogen-bond donors (Lipinski definition) is 0. The fourth-order valence-corrected chi connectivity index (χ4v) is 3.39. The van der Waals surface area contributed by atoms with E-state index in [0.717, 1.165) is 11.5 Å². The van der Waals surface area contributed by atoms with Crippen molar-refractivity contribution in [2.24, 2.45) is 13.0 Å². The van der Waals surface area contributed by atoms with Crippen LogP contribution in [-0.4, -0.2) is 9.78 Å². The maximum Gasteiger partial charge on any atom is 0.152 e. The Morgan fingerprint density at radius 1 is 1.37 bits per heavy atom. The van der Waals surface area contributed by atoms with Gasteiger partial charge in [-0.3, -0.25) is 4.68 Å². The first-order valence-electron chi connectivity index (χ1n) is 7.20. The van der Waals surface area contributed by atoms with Crippen molar-refractivity contribution in [1.82, 2.24) is 9.78 Å². The second-order valence-corrected chi connectivity index (χ2v) is 6.08. The smallest absolute Gasteiger partial charge is 0.152 e. The molecule has 19 heavy (non-hydrogen) atoms. The third kappa shape index (κ3) is 1.92. The molecule has 2 aromatic heterocycles. The van der Waals surface area contributed by atoms with Gasteiger partial charge in [-0.05, 0) is 36.8 Å². The molecule has 0 radical (unpaired) electrons. The largest absolute Gasteiger partial charge is 0.463 e. The molecule has 2 atom stereocenters. The van der Waals surface area contributed by atoms with E-state index in [0.29, 0.717) is 17.8 Å². The van der Waals surface area contributed by atoms with Gasteiger partial charge in [-0.2, -0.15) is 5.10 Å². The number of fused-ring (bicyclic) bond motifs is 1. The van der Waals surface area contributed by atoms with Crippen LogP contribution in [0, 0.1) is 5.92 Å². The Morgan fingerprint density at radius 3 is 2.79 bits per heavy atom. The second-order valence-electron chi connectivity index (χ2n) is 6.08. The lowest BCUT2D eigenvalue weighted by molar-refractivity contribution is 0.401. The summed E-state index contributed by atoms with van der Waals surface area (Å²) in [6.45, 7) is 6.90. The van der Waals surface area contributed by atoms with E-state index in [1.165, 1.54) is 24.1 Å². The molecule has 0 aromatic carbocycles. The molecule has 0 amide bonds. The minimum atomic E-state index is 0.568.